The van der Waals surface area contributed by atoms with Crippen molar-refractivity contribution in [2.75, 3.05) is 0 Å². The van der Waals surface area contributed by atoms with Gasteiger partial charge in [0, 0.05) is 0 Å². The first-order chi connectivity index (χ1) is 8.99. The number of amides is 2. The molecule has 0 N–H and O–H groups in total. The van der Waals surface area contributed by atoms with E-state index in [0.717, 1.165) is 4.90 Å². The maximum Gasteiger partial charge on any atom is 0.262 e. The number of aliphatic carboxylic acids is 1. The third-order valence-electron chi connectivity index (χ3n) is 3.53. The highest BCUT2D eigenvalue weighted by Crippen LogP contribution is 2.27. The van der Waals surface area contributed by atoms with Crippen molar-refractivity contribution < 1.29 is 19.5 Å². The fourth-order valence-electron chi connectivity index (χ4n) is 2.28. The molecule has 0 aliphatic carbocycles. The molecule has 0 aromatic heterocycles. The zero-order chi connectivity index (χ0) is 14.2. The summed E-state index contributed by atoms with van der Waals surface area (Å²) in [5.41, 5.74) is 0.504. The quantitative estimate of drug-likeness (QED) is 0.736. The van der Waals surface area contributed by atoms with Crippen LogP contribution in [0, 0.1) is 5.92 Å². The molecule has 19 heavy (non-hydrogen) atoms. The summed E-state index contributed by atoms with van der Waals surface area (Å²) in [6.07, 6.45) is 0.534. The molecular weight excluding hydrogens is 246 g/mol. The van der Waals surface area contributed by atoms with Gasteiger partial charge in [0.05, 0.1) is 23.1 Å². The minimum Gasteiger partial charge on any atom is -0.548 e. The number of hydrogen-bond donors (Lipinski definition) is 0. The Morgan fingerprint density at radius 1 is 1.21 bits per heavy atom. The number of nitrogens with zero attached hydrogens (tertiary/aromatic N) is 1. The molecule has 0 saturated carbocycles. The van der Waals surface area contributed by atoms with Crippen LogP contribution in [0.5, 0.6) is 0 Å². The van der Waals surface area contributed by atoms with E-state index >= 15 is 0 Å². The van der Waals surface area contributed by atoms with Crippen molar-refractivity contribution in [3.05, 3.63) is 35.4 Å². The minimum absolute atomic E-state index is 0.252. The minimum atomic E-state index is -1.40. The first-order valence-corrected chi connectivity index (χ1v) is 6.16. The van der Waals surface area contributed by atoms with Gasteiger partial charge in [-0.05, 0) is 18.1 Å². The van der Waals surface area contributed by atoms with Crippen molar-refractivity contribution in [3.8, 4) is 0 Å². The van der Waals surface area contributed by atoms with Crippen LogP contribution in [0.2, 0.25) is 0 Å². The van der Waals surface area contributed by atoms with Crippen LogP contribution in [0.1, 0.15) is 41.0 Å². The summed E-state index contributed by atoms with van der Waals surface area (Å²) in [6.45, 7) is 3.49. The van der Waals surface area contributed by atoms with E-state index in [1.165, 1.54) is 12.1 Å². The summed E-state index contributed by atoms with van der Waals surface area (Å²) >= 11 is 0. The topological polar surface area (TPSA) is 77.5 Å². The van der Waals surface area contributed by atoms with Gasteiger partial charge in [-0.1, -0.05) is 32.4 Å². The molecule has 2 atom stereocenters. The third kappa shape index (κ3) is 2.01. The average Bonchev–Trinajstić information content (AvgIpc) is 2.64. The van der Waals surface area contributed by atoms with E-state index in [1.54, 1.807) is 26.0 Å². The maximum absolute atomic E-state index is 12.2. The first kappa shape index (κ1) is 13.3. The van der Waals surface area contributed by atoms with Gasteiger partial charge in [-0.25, -0.2) is 0 Å². The van der Waals surface area contributed by atoms with E-state index < -0.39 is 23.8 Å². The molecule has 2 rings (SSSR count). The first-order valence-electron chi connectivity index (χ1n) is 6.16. The van der Waals surface area contributed by atoms with Gasteiger partial charge in [0.1, 0.15) is 0 Å². The molecular formula is C14H14NO4-. The zero-order valence-corrected chi connectivity index (χ0v) is 10.8. The van der Waals surface area contributed by atoms with Crippen molar-refractivity contribution in [2.45, 2.75) is 26.3 Å². The van der Waals surface area contributed by atoms with Crippen LogP contribution in [0.3, 0.4) is 0 Å². The lowest BCUT2D eigenvalue weighted by atomic mass is 9.98. The number of carbonyl (C=O) groups excluding carboxylic acids is 3. The molecule has 0 spiro atoms. The van der Waals surface area contributed by atoms with Crippen LogP contribution in [0.4, 0.5) is 0 Å². The van der Waals surface area contributed by atoms with Crippen LogP contribution in [-0.2, 0) is 4.79 Å². The molecule has 0 radical (unpaired) electrons. The number of fused-ring (bicyclic) bond motifs is 1. The fraction of sp³-hybridized carbons (Fsp3) is 0.357. The summed E-state index contributed by atoms with van der Waals surface area (Å²) in [7, 11) is 0. The van der Waals surface area contributed by atoms with Crippen molar-refractivity contribution in [1.82, 2.24) is 4.90 Å². The second-order valence-electron chi connectivity index (χ2n) is 4.68. The summed E-state index contributed by atoms with van der Waals surface area (Å²) < 4.78 is 0. The predicted octanol–water partition coefficient (Wildman–Crippen LogP) is 0.447. The predicted molar refractivity (Wildman–Crippen MR) is 65.2 cm³/mol. The zero-order valence-electron chi connectivity index (χ0n) is 10.8. The highest BCUT2D eigenvalue weighted by Gasteiger charge is 2.41. The molecule has 5 heteroatoms. The molecule has 1 heterocycles. The van der Waals surface area contributed by atoms with E-state index in [9.17, 15) is 19.5 Å². The molecule has 1 aliphatic rings. The summed E-state index contributed by atoms with van der Waals surface area (Å²) in [4.78, 5) is 36.5. The largest absolute Gasteiger partial charge is 0.548 e. The molecule has 2 amide bonds. The van der Waals surface area contributed by atoms with Crippen molar-refractivity contribution in [1.29, 1.82) is 0 Å². The van der Waals surface area contributed by atoms with Crippen molar-refractivity contribution >= 4 is 17.8 Å². The molecule has 1 aromatic carbocycles. The van der Waals surface area contributed by atoms with Crippen LogP contribution < -0.4 is 5.11 Å². The molecule has 0 saturated heterocycles. The van der Waals surface area contributed by atoms with E-state index in [1.807, 2.05) is 0 Å². The Hall–Kier alpha value is -2.17. The number of carboxylic acids is 1. The van der Waals surface area contributed by atoms with E-state index in [4.69, 9.17) is 0 Å². The molecule has 100 valence electrons. The number of carboxylic acid groups (broad SMARTS) is 1. The molecule has 0 bridgehead atoms. The van der Waals surface area contributed by atoms with E-state index in [2.05, 4.69) is 0 Å². The van der Waals surface area contributed by atoms with Gasteiger partial charge in [-0.15, -0.1) is 0 Å². The summed E-state index contributed by atoms with van der Waals surface area (Å²) in [5, 5.41) is 11.3. The lowest BCUT2D eigenvalue weighted by Crippen LogP contribution is -2.53. The van der Waals surface area contributed by atoms with Gasteiger partial charge in [0.25, 0.3) is 11.8 Å². The van der Waals surface area contributed by atoms with Crippen molar-refractivity contribution in [2.24, 2.45) is 5.92 Å². The Morgan fingerprint density at radius 2 is 1.68 bits per heavy atom. The lowest BCUT2D eigenvalue weighted by molar-refractivity contribution is -0.311. The Morgan fingerprint density at radius 3 is 2.05 bits per heavy atom. The second kappa shape index (κ2) is 4.84. The van der Waals surface area contributed by atoms with Gasteiger partial charge in [-0.3, -0.25) is 14.5 Å². The maximum atomic E-state index is 12.2. The number of rotatable bonds is 4. The second-order valence-corrected chi connectivity index (χ2v) is 4.68. The van der Waals surface area contributed by atoms with Gasteiger partial charge >= 0.3 is 0 Å². The van der Waals surface area contributed by atoms with Crippen LogP contribution in [-0.4, -0.2) is 28.7 Å². The van der Waals surface area contributed by atoms with Crippen LogP contribution in [0.25, 0.3) is 0 Å². The van der Waals surface area contributed by atoms with Crippen LogP contribution in [0.15, 0.2) is 24.3 Å². The molecule has 0 fully saturated rings. The fourth-order valence-corrected chi connectivity index (χ4v) is 2.28. The Balaban J connectivity index is 2.45. The molecule has 5 nitrogen and oxygen atoms in total. The molecule has 1 aliphatic heterocycles. The molecule has 1 aromatic rings. The Bertz CT molecular complexity index is 517. The SMILES string of the molecule is CC[C@H](C)[C@H](C(=O)[O-])N1C(=O)c2ccccc2C1=O. The van der Waals surface area contributed by atoms with Gasteiger partial charge in [0.2, 0.25) is 0 Å². The molecule has 0 unspecified atom stereocenters. The van der Waals surface area contributed by atoms with Crippen molar-refractivity contribution in [3.63, 3.8) is 0 Å². The highest BCUT2D eigenvalue weighted by molar-refractivity contribution is 6.22. The average molecular weight is 260 g/mol. The smallest absolute Gasteiger partial charge is 0.262 e. The van der Waals surface area contributed by atoms with Gasteiger partial charge < -0.3 is 9.90 Å². The Kier molecular flexibility index (Phi) is 3.38. The highest BCUT2D eigenvalue weighted by atomic mass is 16.4. The van der Waals surface area contributed by atoms with Crippen LogP contribution >= 0.6 is 0 Å². The number of hydrogen-bond acceptors (Lipinski definition) is 4. The number of imide groups is 1. The van der Waals surface area contributed by atoms with E-state index in [0.29, 0.717) is 6.42 Å². The van der Waals surface area contributed by atoms with E-state index in [-0.39, 0.29) is 17.0 Å². The summed E-state index contributed by atoms with van der Waals surface area (Å²) in [6, 6.07) is 5.12. The number of carbonyl (C=O) groups is 3. The Labute approximate surface area is 110 Å². The normalized spacial score (nSPS) is 17.3. The van der Waals surface area contributed by atoms with Gasteiger partial charge in [-0.2, -0.15) is 0 Å². The van der Waals surface area contributed by atoms with Gasteiger partial charge in [0.15, 0.2) is 0 Å². The summed E-state index contributed by atoms with van der Waals surface area (Å²) in [5.74, 6) is -2.87. The lowest BCUT2D eigenvalue weighted by Gasteiger charge is -2.31. The monoisotopic (exact) mass is 260 g/mol. The third-order valence-corrected chi connectivity index (χ3v) is 3.53. The standard InChI is InChI=1S/C14H15NO4/c1-3-8(2)11(14(18)19)15-12(16)9-6-4-5-7-10(9)13(15)17/h4-8,11H,3H2,1-2H3,(H,18,19)/p-1/t8-,11+/m0/s1. The number of benzene rings is 1.